The number of methoxy groups -OCH3 is 2. The quantitative estimate of drug-likeness (QED) is 0.173. The van der Waals surface area contributed by atoms with Crippen LogP contribution in [0.1, 0.15) is 31.9 Å². The Hall–Kier alpha value is -5.02. The monoisotopic (exact) mass is 590 g/mol. The number of anilines is 3. The van der Waals surface area contributed by atoms with E-state index in [2.05, 4.69) is 33.9 Å². The summed E-state index contributed by atoms with van der Waals surface area (Å²) in [5.74, 6) is 1.71. The standard InChI is InChI=1S/C35H38N6O3/c1-5-40-29-19-25(43-3)15-17-27(29)31(36)33(40)21-7-11-23(12-8-21)38-35(42)39-24-13-9-22(10-14-24)34-32(37)28-18-16-26(44-4)20-30(28)41(34)6-2/h7-19,30,34,37H,5-6,20,36H2,1-4H3,(H2,38,39,42). The number of carbonyl (C=O) groups excluding carboxylic acids is 1. The third-order valence-electron chi connectivity index (χ3n) is 8.67. The van der Waals surface area contributed by atoms with Gasteiger partial charge in [-0.1, -0.05) is 37.3 Å². The molecule has 9 nitrogen and oxygen atoms in total. The molecule has 1 aromatic heterocycles. The van der Waals surface area contributed by atoms with Gasteiger partial charge in [-0.3, -0.25) is 4.90 Å². The molecule has 226 valence electrons. The number of carbonyl (C=O) groups is 1. The number of hydrogen-bond acceptors (Lipinski definition) is 6. The smallest absolute Gasteiger partial charge is 0.323 e. The number of aromatic nitrogens is 1. The fourth-order valence-corrected chi connectivity index (χ4v) is 6.52. The van der Waals surface area contributed by atoms with Crippen molar-refractivity contribution < 1.29 is 14.3 Å². The first-order valence-electron chi connectivity index (χ1n) is 14.9. The van der Waals surface area contributed by atoms with E-state index in [4.69, 9.17) is 20.6 Å². The molecule has 4 aromatic rings. The van der Waals surface area contributed by atoms with Crippen LogP contribution in [-0.4, -0.2) is 48.0 Å². The van der Waals surface area contributed by atoms with E-state index in [0.29, 0.717) is 22.8 Å². The van der Waals surface area contributed by atoms with E-state index < -0.39 is 0 Å². The van der Waals surface area contributed by atoms with Crippen LogP contribution in [0.3, 0.4) is 0 Å². The van der Waals surface area contributed by atoms with E-state index in [1.165, 1.54) is 0 Å². The second-order valence-corrected chi connectivity index (χ2v) is 11.0. The Labute approximate surface area is 257 Å². The number of urea groups is 1. The maximum Gasteiger partial charge on any atom is 0.323 e. The molecule has 1 saturated heterocycles. The second-order valence-electron chi connectivity index (χ2n) is 11.0. The van der Waals surface area contributed by atoms with Crippen LogP contribution < -0.4 is 21.1 Å². The van der Waals surface area contributed by atoms with Gasteiger partial charge in [0.05, 0.1) is 48.6 Å². The van der Waals surface area contributed by atoms with Crippen molar-refractivity contribution in [3.8, 4) is 17.0 Å². The number of nitrogens with one attached hydrogen (secondary N) is 3. The highest BCUT2D eigenvalue weighted by Crippen LogP contribution is 2.41. The molecule has 1 aliphatic carbocycles. The molecule has 2 unspecified atom stereocenters. The van der Waals surface area contributed by atoms with Gasteiger partial charge in [-0.15, -0.1) is 0 Å². The number of nitrogens with two attached hydrogens (primary N) is 1. The van der Waals surface area contributed by atoms with E-state index in [1.54, 1.807) is 14.2 Å². The molecule has 9 heteroatoms. The number of likely N-dealkylation sites (N-methyl/N-ethyl adjacent to an activating group) is 1. The molecule has 5 N–H and O–H groups in total. The number of benzene rings is 3. The lowest BCUT2D eigenvalue weighted by Crippen LogP contribution is -2.33. The average Bonchev–Trinajstić information content (AvgIpc) is 3.50. The maximum atomic E-state index is 12.9. The summed E-state index contributed by atoms with van der Waals surface area (Å²) in [6.45, 7) is 5.78. The minimum Gasteiger partial charge on any atom is -0.501 e. The molecule has 0 bridgehead atoms. The fraction of sp³-hybridized carbons (Fsp3) is 0.257. The highest BCUT2D eigenvalue weighted by molar-refractivity contribution is 6.06. The van der Waals surface area contributed by atoms with E-state index in [1.807, 2.05) is 78.9 Å². The number of aryl methyl sites for hydroxylation is 1. The van der Waals surface area contributed by atoms with Gasteiger partial charge in [0.15, 0.2) is 0 Å². The summed E-state index contributed by atoms with van der Waals surface area (Å²) in [6, 6.07) is 21.0. The van der Waals surface area contributed by atoms with Crippen LogP contribution in [0.2, 0.25) is 0 Å². The maximum absolute atomic E-state index is 12.9. The van der Waals surface area contributed by atoms with Crippen LogP contribution in [0.4, 0.5) is 21.9 Å². The molecule has 6 rings (SSSR count). The van der Waals surface area contributed by atoms with E-state index in [0.717, 1.165) is 64.3 Å². The SMILES string of the molecule is CCN1C2CC(OC)=CC=C2C(=N)C1c1ccc(NC(=O)Nc2ccc(-c3c(N)c4ccc(OC)cc4n3CC)cc2)cc1. The number of allylic oxidation sites excluding steroid dienone is 2. The molecule has 0 radical (unpaired) electrons. The van der Waals surface area contributed by atoms with Gasteiger partial charge in [0, 0.05) is 47.4 Å². The number of ether oxygens (including phenoxy) is 2. The van der Waals surface area contributed by atoms with Crippen molar-refractivity contribution in [2.75, 3.05) is 37.1 Å². The summed E-state index contributed by atoms with van der Waals surface area (Å²) >= 11 is 0. The lowest BCUT2D eigenvalue weighted by Gasteiger charge is -2.29. The van der Waals surface area contributed by atoms with Crippen molar-refractivity contribution in [1.29, 1.82) is 5.41 Å². The molecular weight excluding hydrogens is 552 g/mol. The Morgan fingerprint density at radius 3 is 2.23 bits per heavy atom. The third kappa shape index (κ3) is 5.09. The van der Waals surface area contributed by atoms with Crippen molar-refractivity contribution in [2.24, 2.45) is 0 Å². The molecular formula is C35H38N6O3. The van der Waals surface area contributed by atoms with Crippen LogP contribution in [0.5, 0.6) is 5.75 Å². The summed E-state index contributed by atoms with van der Waals surface area (Å²) in [5, 5.41) is 15.7. The first kappa shape index (κ1) is 29.1. The van der Waals surface area contributed by atoms with Gasteiger partial charge in [0.2, 0.25) is 0 Å². The molecule has 2 atom stereocenters. The predicted molar refractivity (Wildman–Crippen MR) is 178 cm³/mol. The Morgan fingerprint density at radius 2 is 1.61 bits per heavy atom. The summed E-state index contributed by atoms with van der Waals surface area (Å²) in [5.41, 5.74) is 14.3. The van der Waals surface area contributed by atoms with Crippen molar-refractivity contribution >= 4 is 39.7 Å². The van der Waals surface area contributed by atoms with Crippen molar-refractivity contribution in [2.45, 2.75) is 38.9 Å². The van der Waals surface area contributed by atoms with E-state index >= 15 is 0 Å². The Bertz CT molecular complexity index is 1790. The minimum absolute atomic E-state index is 0.135. The van der Waals surface area contributed by atoms with Crippen LogP contribution in [-0.2, 0) is 11.3 Å². The van der Waals surface area contributed by atoms with Gasteiger partial charge in [-0.05, 0) is 67.1 Å². The van der Waals surface area contributed by atoms with Gasteiger partial charge in [-0.25, -0.2) is 4.79 Å². The number of likely N-dealkylation sites (tertiary alicyclic amines) is 1. The zero-order chi connectivity index (χ0) is 31.0. The van der Waals surface area contributed by atoms with Crippen molar-refractivity contribution in [3.05, 3.63) is 95.8 Å². The van der Waals surface area contributed by atoms with Crippen molar-refractivity contribution in [3.63, 3.8) is 0 Å². The lowest BCUT2D eigenvalue weighted by molar-refractivity contribution is 0.195. The molecule has 1 aliphatic heterocycles. The van der Waals surface area contributed by atoms with Crippen LogP contribution in [0, 0.1) is 5.41 Å². The summed E-state index contributed by atoms with van der Waals surface area (Å²) in [6.07, 6.45) is 4.75. The average molecular weight is 591 g/mol. The number of amides is 2. The van der Waals surface area contributed by atoms with Crippen LogP contribution in [0.15, 0.2) is 90.2 Å². The number of fused-ring (bicyclic) bond motifs is 2. The molecule has 2 aliphatic rings. The highest BCUT2D eigenvalue weighted by atomic mass is 16.5. The van der Waals surface area contributed by atoms with Crippen LogP contribution in [0.25, 0.3) is 22.2 Å². The second kappa shape index (κ2) is 11.9. The zero-order valence-corrected chi connectivity index (χ0v) is 25.5. The number of nitrogen functional groups attached to an aromatic ring is 1. The van der Waals surface area contributed by atoms with Gasteiger partial charge in [0.25, 0.3) is 0 Å². The molecule has 2 heterocycles. The third-order valence-corrected chi connectivity index (χ3v) is 8.67. The molecule has 44 heavy (non-hydrogen) atoms. The van der Waals surface area contributed by atoms with Crippen molar-refractivity contribution in [1.82, 2.24) is 9.47 Å². The highest BCUT2D eigenvalue weighted by Gasteiger charge is 2.42. The Balaban J connectivity index is 1.13. The number of hydrogen-bond donors (Lipinski definition) is 4. The lowest BCUT2D eigenvalue weighted by atomic mass is 9.95. The van der Waals surface area contributed by atoms with Gasteiger partial charge in [0.1, 0.15) is 5.75 Å². The molecule has 2 amide bonds. The van der Waals surface area contributed by atoms with Crippen LogP contribution >= 0.6 is 0 Å². The number of nitrogens with zero attached hydrogens (tertiary/aromatic N) is 2. The molecule has 0 spiro atoms. The predicted octanol–water partition coefficient (Wildman–Crippen LogP) is 7.19. The zero-order valence-electron chi connectivity index (χ0n) is 25.5. The molecule has 0 saturated carbocycles. The van der Waals surface area contributed by atoms with E-state index in [-0.39, 0.29) is 18.1 Å². The molecule has 3 aromatic carbocycles. The Kier molecular flexibility index (Phi) is 7.88. The fourth-order valence-electron chi connectivity index (χ4n) is 6.52. The van der Waals surface area contributed by atoms with Gasteiger partial charge >= 0.3 is 6.03 Å². The van der Waals surface area contributed by atoms with E-state index in [9.17, 15) is 4.79 Å². The first-order chi connectivity index (χ1) is 21.4. The summed E-state index contributed by atoms with van der Waals surface area (Å²) in [4.78, 5) is 15.2. The van der Waals surface area contributed by atoms with Gasteiger partial charge < -0.3 is 35.8 Å². The Morgan fingerprint density at radius 1 is 0.932 bits per heavy atom. The normalized spacial score (nSPS) is 18.0. The topological polar surface area (TPSA) is 118 Å². The molecule has 1 fully saturated rings. The largest absolute Gasteiger partial charge is 0.501 e. The minimum atomic E-state index is -0.335. The van der Waals surface area contributed by atoms with Gasteiger partial charge in [-0.2, -0.15) is 0 Å². The number of rotatable bonds is 8. The summed E-state index contributed by atoms with van der Waals surface area (Å²) < 4.78 is 13.1. The summed E-state index contributed by atoms with van der Waals surface area (Å²) in [7, 11) is 3.35. The first-order valence-corrected chi connectivity index (χ1v) is 14.9.